The molecule has 8 heteroatoms. The molecule has 0 aromatic carbocycles. The second kappa shape index (κ2) is 4.57. The maximum Gasteiger partial charge on any atom is 0.255 e. The van der Waals surface area contributed by atoms with Crippen LogP contribution in [0.2, 0.25) is 0 Å². The number of amides is 1. The van der Waals surface area contributed by atoms with Crippen molar-refractivity contribution in [2.24, 2.45) is 0 Å². The van der Waals surface area contributed by atoms with Crippen molar-refractivity contribution in [1.29, 1.82) is 0 Å². The minimum Gasteiger partial charge on any atom is -0.381 e. The highest BCUT2D eigenvalue weighted by molar-refractivity contribution is 5.96. The summed E-state index contributed by atoms with van der Waals surface area (Å²) >= 11 is 0. The predicted molar refractivity (Wildman–Crippen MR) is 75.7 cm³/mol. The van der Waals surface area contributed by atoms with Gasteiger partial charge >= 0.3 is 0 Å². The molecule has 0 saturated carbocycles. The van der Waals surface area contributed by atoms with Crippen LogP contribution in [0.1, 0.15) is 15.9 Å². The molecular formula is C14H12N6O2. The Labute approximate surface area is 124 Å². The van der Waals surface area contributed by atoms with E-state index in [0.29, 0.717) is 22.3 Å². The molecule has 110 valence electrons. The van der Waals surface area contributed by atoms with Gasteiger partial charge in [-0.25, -0.2) is 4.98 Å². The lowest BCUT2D eigenvalue weighted by Crippen LogP contribution is -2.61. The largest absolute Gasteiger partial charge is 0.381 e. The number of carbonyl (C=O) groups excluding carboxylic acids is 1. The van der Waals surface area contributed by atoms with E-state index >= 15 is 0 Å². The van der Waals surface area contributed by atoms with Crippen LogP contribution in [0.15, 0.2) is 36.8 Å². The van der Waals surface area contributed by atoms with E-state index in [9.17, 15) is 9.90 Å². The molecule has 4 rings (SSSR count). The Balaban J connectivity index is 1.53. The maximum absolute atomic E-state index is 12.4. The van der Waals surface area contributed by atoms with Gasteiger partial charge in [0.05, 0.1) is 18.7 Å². The Morgan fingerprint density at radius 2 is 2.18 bits per heavy atom. The number of hydrogen-bond acceptors (Lipinski definition) is 6. The van der Waals surface area contributed by atoms with Crippen LogP contribution in [-0.4, -0.2) is 54.4 Å². The van der Waals surface area contributed by atoms with Gasteiger partial charge in [-0.2, -0.15) is 10.3 Å². The number of β-amino-alcohol motifs (C(OH)–C–C–N with tert-alkyl or cyclic N) is 1. The van der Waals surface area contributed by atoms with Gasteiger partial charge in [-0.15, -0.1) is 5.10 Å². The first-order chi connectivity index (χ1) is 10.7. The van der Waals surface area contributed by atoms with Gasteiger partial charge < -0.3 is 10.0 Å². The normalized spacial score (nSPS) is 16.5. The Bertz CT molecular complexity index is 841. The van der Waals surface area contributed by atoms with E-state index in [2.05, 4.69) is 25.4 Å². The summed E-state index contributed by atoms with van der Waals surface area (Å²) in [6, 6.07) is 5.20. The fourth-order valence-electron chi connectivity index (χ4n) is 2.59. The minimum atomic E-state index is -1.03. The summed E-state index contributed by atoms with van der Waals surface area (Å²) in [6.45, 7) is 0.461. The lowest BCUT2D eigenvalue weighted by Gasteiger charge is -2.46. The molecular weight excluding hydrogens is 284 g/mol. The number of likely N-dealkylation sites (tertiary alicyclic amines) is 1. The summed E-state index contributed by atoms with van der Waals surface area (Å²) in [5.74, 6) is -0.189. The molecule has 1 fully saturated rings. The van der Waals surface area contributed by atoms with Crippen molar-refractivity contribution in [3.63, 3.8) is 0 Å². The summed E-state index contributed by atoms with van der Waals surface area (Å²) in [5.41, 5.74) is 1.11. The van der Waals surface area contributed by atoms with Crippen LogP contribution in [0.3, 0.4) is 0 Å². The standard InChI is InChI=1S/C14H12N6O2/c21-13(9-4-11-12(16-5-9)18-19-17-11)20-7-14(22,8-20)10-2-1-3-15-6-10/h1-6,22H,7-8H2,(H,16,17,18,19). The minimum absolute atomic E-state index is 0.189. The van der Waals surface area contributed by atoms with Crippen LogP contribution in [0.5, 0.6) is 0 Å². The third-order valence-corrected chi connectivity index (χ3v) is 3.81. The van der Waals surface area contributed by atoms with Crippen LogP contribution in [-0.2, 0) is 5.60 Å². The van der Waals surface area contributed by atoms with Crippen molar-refractivity contribution in [2.45, 2.75) is 5.60 Å². The average molecular weight is 296 g/mol. The number of rotatable bonds is 2. The Morgan fingerprint density at radius 3 is 2.95 bits per heavy atom. The van der Waals surface area contributed by atoms with Crippen LogP contribution < -0.4 is 0 Å². The van der Waals surface area contributed by atoms with E-state index in [-0.39, 0.29) is 19.0 Å². The van der Waals surface area contributed by atoms with E-state index in [4.69, 9.17) is 0 Å². The van der Waals surface area contributed by atoms with E-state index in [0.717, 1.165) is 0 Å². The smallest absolute Gasteiger partial charge is 0.255 e. The van der Waals surface area contributed by atoms with Crippen molar-refractivity contribution in [3.8, 4) is 0 Å². The zero-order chi connectivity index (χ0) is 15.2. The molecule has 3 aromatic rings. The van der Waals surface area contributed by atoms with Gasteiger partial charge in [-0.1, -0.05) is 6.07 Å². The summed E-state index contributed by atoms with van der Waals surface area (Å²) < 4.78 is 0. The Kier molecular flexibility index (Phi) is 2.67. The summed E-state index contributed by atoms with van der Waals surface area (Å²) in [5, 5.41) is 20.7. The molecule has 1 amide bonds. The molecule has 4 heterocycles. The molecule has 0 radical (unpaired) electrons. The van der Waals surface area contributed by atoms with Crippen molar-refractivity contribution < 1.29 is 9.90 Å². The molecule has 0 aliphatic carbocycles. The molecule has 0 spiro atoms. The highest BCUT2D eigenvalue weighted by Crippen LogP contribution is 2.32. The van der Waals surface area contributed by atoms with E-state index in [1.807, 2.05) is 0 Å². The zero-order valence-electron chi connectivity index (χ0n) is 11.5. The molecule has 1 aliphatic rings. The number of aromatic amines is 1. The number of aliphatic hydroxyl groups is 1. The topological polar surface area (TPSA) is 108 Å². The van der Waals surface area contributed by atoms with E-state index in [1.165, 1.54) is 6.20 Å². The number of H-pyrrole nitrogens is 1. The molecule has 0 unspecified atom stereocenters. The predicted octanol–water partition coefficient (Wildman–Crippen LogP) is 0.0915. The number of carbonyl (C=O) groups is 1. The number of fused-ring (bicyclic) bond motifs is 1. The van der Waals surface area contributed by atoms with Gasteiger partial charge in [0.25, 0.3) is 5.91 Å². The third kappa shape index (κ3) is 1.92. The second-order valence-electron chi connectivity index (χ2n) is 5.32. The number of pyridine rings is 2. The lowest BCUT2D eigenvalue weighted by molar-refractivity contribution is -0.0865. The Morgan fingerprint density at radius 1 is 1.32 bits per heavy atom. The van der Waals surface area contributed by atoms with Gasteiger partial charge in [0.2, 0.25) is 5.65 Å². The van der Waals surface area contributed by atoms with Gasteiger partial charge in [0.1, 0.15) is 11.1 Å². The third-order valence-electron chi connectivity index (χ3n) is 3.81. The maximum atomic E-state index is 12.4. The fourth-order valence-corrected chi connectivity index (χ4v) is 2.59. The van der Waals surface area contributed by atoms with Crippen molar-refractivity contribution in [2.75, 3.05) is 13.1 Å². The SMILES string of the molecule is O=C(c1cnc2n[nH]nc2c1)N1CC(O)(c2cccnc2)C1. The molecule has 2 N–H and O–H groups in total. The van der Waals surface area contributed by atoms with Crippen molar-refractivity contribution in [1.82, 2.24) is 30.3 Å². The molecule has 22 heavy (non-hydrogen) atoms. The highest BCUT2D eigenvalue weighted by Gasteiger charge is 2.45. The van der Waals surface area contributed by atoms with Crippen molar-refractivity contribution >= 4 is 17.1 Å². The fraction of sp³-hybridized carbons (Fsp3) is 0.214. The number of aromatic nitrogens is 5. The van der Waals surface area contributed by atoms with Crippen LogP contribution in [0.25, 0.3) is 11.2 Å². The van der Waals surface area contributed by atoms with Crippen molar-refractivity contribution in [3.05, 3.63) is 47.9 Å². The molecule has 1 saturated heterocycles. The summed E-state index contributed by atoms with van der Waals surface area (Å²) in [6.07, 6.45) is 4.73. The number of hydrogen-bond donors (Lipinski definition) is 2. The van der Waals surface area contributed by atoms with Gasteiger partial charge in [0, 0.05) is 24.2 Å². The molecule has 8 nitrogen and oxygen atoms in total. The van der Waals surface area contributed by atoms with Gasteiger partial charge in [-0.3, -0.25) is 9.78 Å². The monoisotopic (exact) mass is 296 g/mol. The summed E-state index contributed by atoms with van der Waals surface area (Å²) in [7, 11) is 0. The van der Waals surface area contributed by atoms with Crippen LogP contribution in [0.4, 0.5) is 0 Å². The van der Waals surface area contributed by atoms with E-state index in [1.54, 1.807) is 35.5 Å². The van der Waals surface area contributed by atoms with Gasteiger partial charge in [-0.05, 0) is 12.1 Å². The average Bonchev–Trinajstić information content (AvgIpc) is 2.99. The first-order valence-electron chi connectivity index (χ1n) is 6.74. The molecule has 1 aliphatic heterocycles. The first-order valence-corrected chi connectivity index (χ1v) is 6.74. The lowest BCUT2D eigenvalue weighted by atomic mass is 9.86. The number of nitrogens with zero attached hydrogens (tertiary/aromatic N) is 5. The quantitative estimate of drug-likeness (QED) is 0.694. The van der Waals surface area contributed by atoms with Gasteiger partial charge in [0.15, 0.2) is 0 Å². The highest BCUT2D eigenvalue weighted by atomic mass is 16.3. The molecule has 0 atom stereocenters. The Hall–Kier alpha value is -2.87. The van der Waals surface area contributed by atoms with Crippen LogP contribution in [0, 0.1) is 0 Å². The zero-order valence-corrected chi connectivity index (χ0v) is 11.5. The molecule has 3 aromatic heterocycles. The first kappa shape index (κ1) is 12.8. The second-order valence-corrected chi connectivity index (χ2v) is 5.32. The number of nitrogens with one attached hydrogen (secondary N) is 1. The van der Waals surface area contributed by atoms with E-state index < -0.39 is 5.60 Å². The van der Waals surface area contributed by atoms with Crippen LogP contribution >= 0.6 is 0 Å². The molecule has 0 bridgehead atoms. The summed E-state index contributed by atoms with van der Waals surface area (Å²) in [4.78, 5) is 22.0.